The Morgan fingerprint density at radius 2 is 2.33 bits per heavy atom. The molecule has 2 N–H and O–H groups in total. The molecule has 0 fully saturated rings. The van der Waals surface area contributed by atoms with Crippen LogP contribution in [0, 0.1) is 0 Å². The van der Waals surface area contributed by atoms with Crippen molar-refractivity contribution in [3.63, 3.8) is 0 Å². The molecule has 0 unspecified atom stereocenters. The molecule has 1 aromatic rings. The van der Waals surface area contributed by atoms with E-state index in [2.05, 4.69) is 0 Å². The number of halogens is 1. The summed E-state index contributed by atoms with van der Waals surface area (Å²) in [7, 11) is 0. The lowest BCUT2D eigenvalue weighted by molar-refractivity contribution is -0.137. The Morgan fingerprint density at radius 3 is 2.93 bits per heavy atom. The number of rotatable bonds is 3. The molecule has 0 saturated carbocycles. The summed E-state index contributed by atoms with van der Waals surface area (Å²) in [5, 5.41) is 0.503. The molecule has 15 heavy (non-hydrogen) atoms. The van der Waals surface area contributed by atoms with Crippen molar-refractivity contribution in [2.24, 2.45) is 0 Å². The van der Waals surface area contributed by atoms with Crippen LogP contribution in [0.25, 0.3) is 6.08 Å². The highest BCUT2D eigenvalue weighted by molar-refractivity contribution is 6.33. The molecule has 3 nitrogen and oxygen atoms in total. The van der Waals surface area contributed by atoms with Gasteiger partial charge in [-0.3, -0.25) is 0 Å². The van der Waals surface area contributed by atoms with Gasteiger partial charge in [0.25, 0.3) is 0 Å². The number of carbonyl (C=O) groups is 1. The second kappa shape index (κ2) is 5.41. The SMILES string of the molecule is CCOC(=O)/C=C/c1ccc(Cl)c(N)c1. The zero-order valence-corrected chi connectivity index (χ0v) is 9.12. The van der Waals surface area contributed by atoms with E-state index >= 15 is 0 Å². The van der Waals surface area contributed by atoms with Gasteiger partial charge in [-0.2, -0.15) is 0 Å². The van der Waals surface area contributed by atoms with Crippen molar-refractivity contribution in [2.75, 3.05) is 12.3 Å². The van der Waals surface area contributed by atoms with Gasteiger partial charge in [-0.05, 0) is 30.7 Å². The molecule has 0 saturated heterocycles. The lowest BCUT2D eigenvalue weighted by Gasteiger charge is -1.99. The highest BCUT2D eigenvalue weighted by atomic mass is 35.5. The van der Waals surface area contributed by atoms with E-state index < -0.39 is 0 Å². The van der Waals surface area contributed by atoms with E-state index in [4.69, 9.17) is 22.1 Å². The second-order valence-electron chi connectivity index (χ2n) is 2.87. The van der Waals surface area contributed by atoms with Crippen LogP contribution < -0.4 is 5.73 Å². The molecule has 0 aliphatic rings. The van der Waals surface area contributed by atoms with Crippen LogP contribution in [-0.2, 0) is 9.53 Å². The number of ether oxygens (including phenoxy) is 1. The first-order valence-corrected chi connectivity index (χ1v) is 4.91. The molecule has 0 aliphatic heterocycles. The fourth-order valence-electron chi connectivity index (χ4n) is 1.02. The van der Waals surface area contributed by atoms with Crippen LogP contribution in [-0.4, -0.2) is 12.6 Å². The monoisotopic (exact) mass is 225 g/mol. The maximum atomic E-state index is 11.0. The average molecular weight is 226 g/mol. The van der Waals surface area contributed by atoms with Gasteiger partial charge in [-0.15, -0.1) is 0 Å². The lowest BCUT2D eigenvalue weighted by atomic mass is 10.2. The highest BCUT2D eigenvalue weighted by Gasteiger charge is 1.97. The number of hydrogen-bond donors (Lipinski definition) is 1. The zero-order chi connectivity index (χ0) is 11.3. The van der Waals surface area contributed by atoms with Crippen LogP contribution >= 0.6 is 11.6 Å². The quantitative estimate of drug-likeness (QED) is 0.489. The normalized spacial score (nSPS) is 10.5. The van der Waals surface area contributed by atoms with Crippen LogP contribution in [0.15, 0.2) is 24.3 Å². The summed E-state index contributed by atoms with van der Waals surface area (Å²) >= 11 is 5.75. The minimum Gasteiger partial charge on any atom is -0.463 e. The van der Waals surface area contributed by atoms with Gasteiger partial charge in [-0.25, -0.2) is 4.79 Å². The highest BCUT2D eigenvalue weighted by Crippen LogP contribution is 2.20. The second-order valence-corrected chi connectivity index (χ2v) is 3.27. The number of nitrogen functional groups attached to an aromatic ring is 1. The standard InChI is InChI=1S/C11H12ClNO2/c1-2-15-11(14)6-4-8-3-5-9(12)10(13)7-8/h3-7H,2,13H2,1H3/b6-4+. The smallest absolute Gasteiger partial charge is 0.330 e. The van der Waals surface area contributed by atoms with E-state index in [1.165, 1.54) is 6.08 Å². The predicted octanol–water partition coefficient (Wildman–Crippen LogP) is 2.50. The van der Waals surface area contributed by atoms with Gasteiger partial charge in [0.05, 0.1) is 17.3 Å². The van der Waals surface area contributed by atoms with Crippen LogP contribution in [0.3, 0.4) is 0 Å². The number of hydrogen-bond acceptors (Lipinski definition) is 3. The molecule has 0 bridgehead atoms. The summed E-state index contributed by atoms with van der Waals surface area (Å²) in [5.74, 6) is -0.369. The van der Waals surface area contributed by atoms with Gasteiger partial charge in [0.15, 0.2) is 0 Å². The van der Waals surface area contributed by atoms with Crippen molar-refractivity contribution in [3.05, 3.63) is 34.9 Å². The summed E-state index contributed by atoms with van der Waals surface area (Å²) in [4.78, 5) is 11.0. The van der Waals surface area contributed by atoms with E-state index in [-0.39, 0.29) is 5.97 Å². The molecule has 80 valence electrons. The fourth-order valence-corrected chi connectivity index (χ4v) is 1.14. The van der Waals surface area contributed by atoms with Gasteiger partial charge >= 0.3 is 5.97 Å². The van der Waals surface area contributed by atoms with Crippen molar-refractivity contribution >= 4 is 29.3 Å². The molecule has 0 spiro atoms. The topological polar surface area (TPSA) is 52.3 Å². The van der Waals surface area contributed by atoms with Crippen molar-refractivity contribution in [1.82, 2.24) is 0 Å². The first kappa shape index (κ1) is 11.6. The van der Waals surface area contributed by atoms with E-state index in [1.54, 1.807) is 31.2 Å². The van der Waals surface area contributed by atoms with Gasteiger partial charge in [0.1, 0.15) is 0 Å². The number of nitrogens with two attached hydrogens (primary N) is 1. The van der Waals surface area contributed by atoms with Gasteiger partial charge in [0, 0.05) is 6.08 Å². The summed E-state index contributed by atoms with van der Waals surface area (Å²) < 4.78 is 4.73. The Bertz CT molecular complexity index is 388. The number of esters is 1. The number of benzene rings is 1. The van der Waals surface area contributed by atoms with Crippen LogP contribution in [0.5, 0.6) is 0 Å². The zero-order valence-electron chi connectivity index (χ0n) is 8.37. The molecule has 0 aliphatic carbocycles. The van der Waals surface area contributed by atoms with Crippen molar-refractivity contribution in [1.29, 1.82) is 0 Å². The fraction of sp³-hybridized carbons (Fsp3) is 0.182. The molecule has 0 atom stereocenters. The first-order valence-electron chi connectivity index (χ1n) is 4.53. The van der Waals surface area contributed by atoms with E-state index in [1.807, 2.05) is 0 Å². The maximum absolute atomic E-state index is 11.0. The molecule has 0 amide bonds. The molecular weight excluding hydrogens is 214 g/mol. The minimum atomic E-state index is -0.369. The third-order valence-corrected chi connectivity index (χ3v) is 2.06. The Hall–Kier alpha value is -1.48. The molecule has 1 aromatic carbocycles. The Kier molecular flexibility index (Phi) is 4.18. The number of anilines is 1. The Balaban J connectivity index is 2.72. The molecule has 0 radical (unpaired) electrons. The van der Waals surface area contributed by atoms with Crippen molar-refractivity contribution < 1.29 is 9.53 Å². The maximum Gasteiger partial charge on any atom is 0.330 e. The van der Waals surface area contributed by atoms with E-state index in [0.717, 1.165) is 5.56 Å². The summed E-state index contributed by atoms with van der Waals surface area (Å²) in [6, 6.07) is 5.15. The molecule has 0 aromatic heterocycles. The molecular formula is C11H12ClNO2. The van der Waals surface area contributed by atoms with Gasteiger partial charge in [-0.1, -0.05) is 17.7 Å². The summed E-state index contributed by atoms with van der Waals surface area (Å²) in [6.45, 7) is 2.12. The lowest BCUT2D eigenvalue weighted by Crippen LogP contribution is -1.98. The van der Waals surface area contributed by atoms with Crippen LogP contribution in [0.2, 0.25) is 5.02 Å². The first-order chi connectivity index (χ1) is 7.13. The van der Waals surface area contributed by atoms with Crippen LogP contribution in [0.1, 0.15) is 12.5 Å². The summed E-state index contributed by atoms with van der Waals surface area (Å²) in [6.07, 6.45) is 2.98. The molecule has 1 rings (SSSR count). The Labute approximate surface area is 93.5 Å². The number of carbonyl (C=O) groups excluding carboxylic acids is 1. The third kappa shape index (κ3) is 3.64. The third-order valence-electron chi connectivity index (χ3n) is 1.72. The average Bonchev–Trinajstić information content (AvgIpc) is 2.20. The van der Waals surface area contributed by atoms with Gasteiger partial charge in [0.2, 0.25) is 0 Å². The van der Waals surface area contributed by atoms with Crippen LogP contribution in [0.4, 0.5) is 5.69 Å². The predicted molar refractivity (Wildman–Crippen MR) is 61.5 cm³/mol. The van der Waals surface area contributed by atoms with E-state index in [0.29, 0.717) is 17.3 Å². The molecule has 4 heteroatoms. The largest absolute Gasteiger partial charge is 0.463 e. The minimum absolute atomic E-state index is 0.367. The van der Waals surface area contributed by atoms with Gasteiger partial charge < -0.3 is 10.5 Å². The van der Waals surface area contributed by atoms with Crippen molar-refractivity contribution in [3.8, 4) is 0 Å². The molecule has 0 heterocycles. The Morgan fingerprint density at radius 1 is 1.60 bits per heavy atom. The summed E-state index contributed by atoms with van der Waals surface area (Å²) in [5.41, 5.74) is 6.90. The van der Waals surface area contributed by atoms with E-state index in [9.17, 15) is 4.79 Å². The van der Waals surface area contributed by atoms with Crippen molar-refractivity contribution in [2.45, 2.75) is 6.92 Å².